The minimum Gasteiger partial charge on any atom is -0.497 e. The molecule has 1 rings (SSSR count). The summed E-state index contributed by atoms with van der Waals surface area (Å²) in [6.45, 7) is 0. The van der Waals surface area contributed by atoms with Crippen molar-refractivity contribution in [2.75, 3.05) is 7.11 Å². The molecule has 14 heavy (non-hydrogen) atoms. The van der Waals surface area contributed by atoms with Gasteiger partial charge >= 0.3 is 6.40 Å². The third-order valence-corrected chi connectivity index (χ3v) is 3.15. The van der Waals surface area contributed by atoms with Crippen LogP contribution in [-0.4, -0.2) is 32.0 Å². The van der Waals surface area contributed by atoms with Gasteiger partial charge in [0.05, 0.1) is 12.0 Å². The van der Waals surface area contributed by atoms with Crippen LogP contribution in [0.25, 0.3) is 0 Å². The lowest BCUT2D eigenvalue weighted by Gasteiger charge is -2.03. The second-order valence-corrected chi connectivity index (χ2v) is 4.53. The molecule has 0 aliphatic heterocycles. The van der Waals surface area contributed by atoms with Crippen LogP contribution in [0, 0.1) is 0 Å². The van der Waals surface area contributed by atoms with Crippen LogP contribution in [0.4, 0.5) is 0 Å². The Hall–Kier alpha value is -1.05. The molecule has 7 heteroatoms. The summed E-state index contributed by atoms with van der Waals surface area (Å²) in [4.78, 5) is -0.159. The zero-order chi connectivity index (χ0) is 10.8. The van der Waals surface area contributed by atoms with Crippen molar-refractivity contribution >= 4 is 16.1 Å². The molecule has 0 radical (unpaired) electrons. The van der Waals surface area contributed by atoms with Gasteiger partial charge in [0.1, 0.15) is 5.75 Å². The van der Waals surface area contributed by atoms with Gasteiger partial charge in [0.2, 0.25) is 9.69 Å². The van der Waals surface area contributed by atoms with Gasteiger partial charge in [-0.05, 0) is 24.3 Å². The van der Waals surface area contributed by atoms with Gasteiger partial charge in [-0.25, -0.2) is 8.42 Å². The predicted molar refractivity (Wildman–Crippen MR) is 50.4 cm³/mol. The molecular formula is C7H9BO5S. The maximum absolute atomic E-state index is 11.2. The first kappa shape index (κ1) is 11.0. The summed E-state index contributed by atoms with van der Waals surface area (Å²) in [5, 5.41) is 17.2. The predicted octanol–water partition coefficient (Wildman–Crippen LogP) is -0.562. The normalized spacial score (nSPS) is 11.1. The Kier molecular flexibility index (Phi) is 3.15. The highest BCUT2D eigenvalue weighted by molar-refractivity contribution is 8.16. The molecule has 5 nitrogen and oxygen atoms in total. The molecule has 0 unspecified atom stereocenters. The Balaban J connectivity index is 3.10. The molecule has 0 atom stereocenters. The summed E-state index contributed by atoms with van der Waals surface area (Å²) in [6, 6.07) is 5.34. The van der Waals surface area contributed by atoms with E-state index in [2.05, 4.69) is 0 Å². The fourth-order valence-electron chi connectivity index (χ4n) is 0.887. The minimum absolute atomic E-state index is 0.159. The average Bonchev–Trinajstić information content (AvgIpc) is 2.17. The van der Waals surface area contributed by atoms with Crippen LogP contribution in [0.1, 0.15) is 0 Å². The first-order valence-electron chi connectivity index (χ1n) is 3.72. The number of hydrogen-bond donors (Lipinski definition) is 2. The molecule has 1 aromatic rings. The molecule has 0 saturated carbocycles. The minimum atomic E-state index is -4.05. The Labute approximate surface area is 81.9 Å². The van der Waals surface area contributed by atoms with Crippen LogP contribution in [0.15, 0.2) is 29.2 Å². The van der Waals surface area contributed by atoms with Crippen molar-refractivity contribution in [3.63, 3.8) is 0 Å². The fourth-order valence-corrected chi connectivity index (χ4v) is 1.65. The fraction of sp³-hybridized carbons (Fsp3) is 0.143. The van der Waals surface area contributed by atoms with Crippen molar-refractivity contribution in [2.45, 2.75) is 4.90 Å². The van der Waals surface area contributed by atoms with E-state index in [4.69, 9.17) is 14.8 Å². The lowest BCUT2D eigenvalue weighted by atomic mass is 10.3. The van der Waals surface area contributed by atoms with Crippen molar-refractivity contribution in [3.8, 4) is 5.75 Å². The van der Waals surface area contributed by atoms with Crippen LogP contribution in [0.3, 0.4) is 0 Å². The van der Waals surface area contributed by atoms with Crippen LogP contribution in [-0.2, 0) is 9.69 Å². The van der Waals surface area contributed by atoms with E-state index < -0.39 is 16.1 Å². The van der Waals surface area contributed by atoms with E-state index in [9.17, 15) is 8.42 Å². The van der Waals surface area contributed by atoms with E-state index in [1.54, 1.807) is 0 Å². The SMILES string of the molecule is COc1ccc(S(=O)(=O)B(O)O)cc1. The Morgan fingerprint density at radius 3 is 2.07 bits per heavy atom. The average molecular weight is 216 g/mol. The van der Waals surface area contributed by atoms with E-state index in [1.807, 2.05) is 0 Å². The zero-order valence-electron chi connectivity index (χ0n) is 7.41. The highest BCUT2D eigenvalue weighted by atomic mass is 32.2. The first-order chi connectivity index (χ1) is 6.48. The number of ether oxygens (including phenoxy) is 1. The summed E-state index contributed by atoms with van der Waals surface area (Å²) in [7, 11) is -2.60. The van der Waals surface area contributed by atoms with Crippen LogP contribution in [0.5, 0.6) is 5.75 Å². The van der Waals surface area contributed by atoms with Crippen LogP contribution < -0.4 is 4.74 Å². The Morgan fingerprint density at radius 2 is 1.71 bits per heavy atom. The van der Waals surface area contributed by atoms with Gasteiger partial charge in [0.15, 0.2) is 0 Å². The lowest BCUT2D eigenvalue weighted by molar-refractivity contribution is 0.414. The summed E-state index contributed by atoms with van der Waals surface area (Å²) in [6.07, 6.45) is -2.39. The Morgan fingerprint density at radius 1 is 1.21 bits per heavy atom. The summed E-state index contributed by atoms with van der Waals surface area (Å²) in [5.41, 5.74) is 0. The van der Waals surface area contributed by atoms with Gasteiger partial charge in [-0.15, -0.1) is 0 Å². The number of rotatable bonds is 3. The number of hydrogen-bond acceptors (Lipinski definition) is 5. The molecule has 0 aliphatic rings. The lowest BCUT2D eigenvalue weighted by Crippen LogP contribution is -2.25. The molecule has 1 aromatic carbocycles. The van der Waals surface area contributed by atoms with Crippen molar-refractivity contribution in [1.29, 1.82) is 0 Å². The molecule has 0 spiro atoms. The van der Waals surface area contributed by atoms with E-state index in [1.165, 1.54) is 31.4 Å². The molecular weight excluding hydrogens is 207 g/mol. The van der Waals surface area contributed by atoms with Crippen molar-refractivity contribution in [1.82, 2.24) is 0 Å². The summed E-state index contributed by atoms with van der Waals surface area (Å²) < 4.78 is 27.2. The second-order valence-electron chi connectivity index (χ2n) is 2.55. The van der Waals surface area contributed by atoms with Crippen molar-refractivity contribution < 1.29 is 23.2 Å². The maximum atomic E-state index is 11.2. The van der Waals surface area contributed by atoms with Crippen molar-refractivity contribution in [3.05, 3.63) is 24.3 Å². The monoisotopic (exact) mass is 216 g/mol. The molecule has 0 aromatic heterocycles. The molecule has 0 saturated heterocycles. The third kappa shape index (κ3) is 2.06. The maximum Gasteiger partial charge on any atom is 0.599 e. The van der Waals surface area contributed by atoms with Gasteiger partial charge in [-0.1, -0.05) is 0 Å². The topological polar surface area (TPSA) is 83.8 Å². The summed E-state index contributed by atoms with van der Waals surface area (Å²) in [5.74, 6) is 0.497. The molecule has 0 amide bonds. The Bertz CT molecular complexity index is 397. The van der Waals surface area contributed by atoms with E-state index in [0.717, 1.165) is 0 Å². The molecule has 0 bridgehead atoms. The smallest absolute Gasteiger partial charge is 0.497 e. The zero-order valence-corrected chi connectivity index (χ0v) is 8.23. The third-order valence-electron chi connectivity index (χ3n) is 1.67. The highest BCUT2D eigenvalue weighted by Crippen LogP contribution is 2.16. The van der Waals surface area contributed by atoms with Crippen molar-refractivity contribution in [2.24, 2.45) is 0 Å². The van der Waals surface area contributed by atoms with Gasteiger partial charge in [-0.3, -0.25) is 0 Å². The van der Waals surface area contributed by atoms with Gasteiger partial charge in [0, 0.05) is 0 Å². The van der Waals surface area contributed by atoms with E-state index in [-0.39, 0.29) is 4.90 Å². The van der Waals surface area contributed by atoms with E-state index >= 15 is 0 Å². The largest absolute Gasteiger partial charge is 0.599 e. The van der Waals surface area contributed by atoms with E-state index in [0.29, 0.717) is 5.75 Å². The van der Waals surface area contributed by atoms with Gasteiger partial charge < -0.3 is 14.8 Å². The highest BCUT2D eigenvalue weighted by Gasteiger charge is 2.30. The number of benzene rings is 1. The molecule has 0 aliphatic carbocycles. The standard InChI is InChI=1S/C7H9BO5S/c1-13-6-2-4-7(5-3-6)14(11,12)8(9)10/h2-5,9-10H,1H3. The van der Waals surface area contributed by atoms with Crippen LogP contribution in [0.2, 0.25) is 0 Å². The second kappa shape index (κ2) is 3.99. The molecule has 2 N–H and O–H groups in total. The van der Waals surface area contributed by atoms with Gasteiger partial charge in [0.25, 0.3) is 0 Å². The van der Waals surface area contributed by atoms with Crippen LogP contribution >= 0.6 is 0 Å². The number of methoxy groups -OCH3 is 1. The molecule has 0 heterocycles. The summed E-state index contributed by atoms with van der Waals surface area (Å²) >= 11 is 0. The molecule has 76 valence electrons. The van der Waals surface area contributed by atoms with Gasteiger partial charge in [-0.2, -0.15) is 0 Å². The first-order valence-corrected chi connectivity index (χ1v) is 5.27. The quantitative estimate of drug-likeness (QED) is 0.661. The molecule has 0 fully saturated rings.